The van der Waals surface area contributed by atoms with Gasteiger partial charge in [0.15, 0.2) is 0 Å². The molecule has 0 saturated carbocycles. The summed E-state index contributed by atoms with van der Waals surface area (Å²) in [5.74, 6) is 0.933. The number of nitrogens with zero attached hydrogens (tertiary/aromatic N) is 2. The van der Waals surface area contributed by atoms with E-state index in [0.717, 1.165) is 25.9 Å². The van der Waals surface area contributed by atoms with Crippen molar-refractivity contribution in [3.8, 4) is 0 Å². The smallest absolute Gasteiger partial charge is 0.282 e. The van der Waals surface area contributed by atoms with Crippen LogP contribution < -0.4 is 5.32 Å². The molecule has 0 radical (unpaired) electrons. The Kier molecular flexibility index (Phi) is 4.64. The van der Waals surface area contributed by atoms with Gasteiger partial charge < -0.3 is 5.32 Å². The van der Waals surface area contributed by atoms with Gasteiger partial charge in [-0.1, -0.05) is 13.8 Å². The van der Waals surface area contributed by atoms with E-state index in [1.807, 2.05) is 0 Å². The fraction of sp³-hybridized carbons (Fsp3) is 1.00. The molecule has 1 N–H and O–H groups in total. The monoisotopic (exact) mass is 275 g/mol. The third-order valence-electron chi connectivity index (χ3n) is 3.79. The molecule has 0 spiro atoms. The second kappa shape index (κ2) is 5.86. The normalized spacial score (nSPS) is 33.2. The molecular formula is C12H25N3O2S. The van der Waals surface area contributed by atoms with Crippen LogP contribution in [0.15, 0.2) is 0 Å². The van der Waals surface area contributed by atoms with E-state index < -0.39 is 10.2 Å². The molecule has 2 heterocycles. The first-order valence-electron chi connectivity index (χ1n) is 6.96. The molecule has 0 bridgehead atoms. The van der Waals surface area contributed by atoms with E-state index in [0.29, 0.717) is 38.0 Å². The fourth-order valence-corrected chi connectivity index (χ4v) is 4.90. The van der Waals surface area contributed by atoms with Gasteiger partial charge in [-0.25, -0.2) is 0 Å². The van der Waals surface area contributed by atoms with Crippen LogP contribution in [0.3, 0.4) is 0 Å². The number of hydrogen-bond donors (Lipinski definition) is 1. The number of rotatable bonds is 2. The summed E-state index contributed by atoms with van der Waals surface area (Å²) in [5.41, 5.74) is 0. The molecule has 0 amide bonds. The summed E-state index contributed by atoms with van der Waals surface area (Å²) in [6, 6.07) is 0. The van der Waals surface area contributed by atoms with Crippen LogP contribution in [-0.2, 0) is 10.2 Å². The standard InChI is InChI=1S/C12H25N3O2S/c1-11-8-12(2)10-15(9-11)18(16,17)14-6-3-4-13-5-7-14/h11-13H,3-10H2,1-2H3. The first-order chi connectivity index (χ1) is 8.50. The second-order valence-corrected chi connectivity index (χ2v) is 7.70. The first-order valence-corrected chi connectivity index (χ1v) is 8.36. The van der Waals surface area contributed by atoms with E-state index >= 15 is 0 Å². The van der Waals surface area contributed by atoms with Crippen molar-refractivity contribution in [2.45, 2.75) is 26.7 Å². The fourth-order valence-electron chi connectivity index (χ4n) is 3.01. The lowest BCUT2D eigenvalue weighted by Crippen LogP contribution is -2.50. The van der Waals surface area contributed by atoms with E-state index in [9.17, 15) is 8.42 Å². The maximum atomic E-state index is 12.6. The molecule has 2 fully saturated rings. The Labute approximate surface area is 111 Å². The van der Waals surface area contributed by atoms with Crippen molar-refractivity contribution in [1.29, 1.82) is 0 Å². The minimum atomic E-state index is -3.25. The van der Waals surface area contributed by atoms with Gasteiger partial charge in [-0.3, -0.25) is 0 Å². The zero-order valence-corrected chi connectivity index (χ0v) is 12.2. The summed E-state index contributed by atoms with van der Waals surface area (Å²) in [6.45, 7) is 8.56. The van der Waals surface area contributed by atoms with Crippen LogP contribution in [0.2, 0.25) is 0 Å². The summed E-state index contributed by atoms with van der Waals surface area (Å²) in [7, 11) is -3.25. The highest BCUT2D eigenvalue weighted by Gasteiger charge is 2.34. The molecule has 6 heteroatoms. The van der Waals surface area contributed by atoms with Gasteiger partial charge in [0, 0.05) is 32.7 Å². The first kappa shape index (κ1) is 14.2. The van der Waals surface area contributed by atoms with Crippen LogP contribution in [-0.4, -0.2) is 56.3 Å². The molecule has 2 unspecified atom stereocenters. The van der Waals surface area contributed by atoms with Gasteiger partial charge in [-0.2, -0.15) is 17.0 Å². The second-order valence-electron chi connectivity index (χ2n) is 5.77. The topological polar surface area (TPSA) is 52.7 Å². The molecule has 2 aliphatic rings. The predicted octanol–water partition coefficient (Wildman–Crippen LogP) is 0.504. The van der Waals surface area contributed by atoms with Gasteiger partial charge in [0.1, 0.15) is 0 Å². The molecule has 0 aromatic carbocycles. The zero-order valence-electron chi connectivity index (χ0n) is 11.4. The Bertz CT molecular complexity index is 354. The average Bonchev–Trinajstić information content (AvgIpc) is 2.56. The molecule has 18 heavy (non-hydrogen) atoms. The van der Waals surface area contributed by atoms with Gasteiger partial charge in [-0.05, 0) is 31.2 Å². The molecule has 2 aliphatic heterocycles. The van der Waals surface area contributed by atoms with Gasteiger partial charge in [0.05, 0.1) is 0 Å². The van der Waals surface area contributed by atoms with E-state index in [1.54, 1.807) is 8.61 Å². The molecule has 0 aliphatic carbocycles. The molecule has 2 atom stereocenters. The van der Waals surface area contributed by atoms with Gasteiger partial charge in [0.2, 0.25) is 0 Å². The number of piperidine rings is 1. The molecule has 2 rings (SSSR count). The molecule has 5 nitrogen and oxygen atoms in total. The highest BCUT2D eigenvalue weighted by molar-refractivity contribution is 7.86. The Morgan fingerprint density at radius 2 is 1.67 bits per heavy atom. The SMILES string of the molecule is CC1CC(C)CN(S(=O)(=O)N2CCCNCC2)C1. The van der Waals surface area contributed by atoms with E-state index in [2.05, 4.69) is 19.2 Å². The molecule has 2 saturated heterocycles. The van der Waals surface area contributed by atoms with Gasteiger partial charge in [0.25, 0.3) is 10.2 Å². The van der Waals surface area contributed by atoms with Crippen molar-refractivity contribution in [2.24, 2.45) is 11.8 Å². The van der Waals surface area contributed by atoms with Crippen molar-refractivity contribution in [3.63, 3.8) is 0 Å². The van der Waals surface area contributed by atoms with Gasteiger partial charge in [-0.15, -0.1) is 0 Å². The van der Waals surface area contributed by atoms with Crippen LogP contribution in [0, 0.1) is 11.8 Å². The quantitative estimate of drug-likeness (QED) is 0.799. The van der Waals surface area contributed by atoms with Crippen LogP contribution in [0.25, 0.3) is 0 Å². The third-order valence-corrected chi connectivity index (χ3v) is 5.76. The zero-order chi connectivity index (χ0) is 13.2. The largest absolute Gasteiger partial charge is 0.315 e. The average molecular weight is 275 g/mol. The van der Waals surface area contributed by atoms with Crippen LogP contribution in [0.5, 0.6) is 0 Å². The van der Waals surface area contributed by atoms with E-state index in [4.69, 9.17) is 0 Å². The Balaban J connectivity index is 2.08. The minimum Gasteiger partial charge on any atom is -0.315 e. The summed E-state index contributed by atoms with van der Waals surface area (Å²) in [6.07, 6.45) is 2.03. The lowest BCUT2D eigenvalue weighted by atomic mass is 9.94. The maximum Gasteiger partial charge on any atom is 0.282 e. The summed E-state index contributed by atoms with van der Waals surface area (Å²) in [4.78, 5) is 0. The molecule has 106 valence electrons. The molecule has 0 aromatic heterocycles. The highest BCUT2D eigenvalue weighted by Crippen LogP contribution is 2.24. The maximum absolute atomic E-state index is 12.6. The lowest BCUT2D eigenvalue weighted by Gasteiger charge is -2.36. The third kappa shape index (κ3) is 3.23. The number of hydrogen-bond acceptors (Lipinski definition) is 3. The highest BCUT2D eigenvalue weighted by atomic mass is 32.2. The van der Waals surface area contributed by atoms with Crippen LogP contribution >= 0.6 is 0 Å². The van der Waals surface area contributed by atoms with Crippen molar-refractivity contribution in [1.82, 2.24) is 13.9 Å². The van der Waals surface area contributed by atoms with E-state index in [1.165, 1.54) is 0 Å². The van der Waals surface area contributed by atoms with Crippen molar-refractivity contribution in [3.05, 3.63) is 0 Å². The van der Waals surface area contributed by atoms with Gasteiger partial charge >= 0.3 is 0 Å². The summed E-state index contributed by atoms with van der Waals surface area (Å²) < 4.78 is 28.6. The lowest BCUT2D eigenvalue weighted by molar-refractivity contribution is 0.209. The summed E-state index contributed by atoms with van der Waals surface area (Å²) >= 11 is 0. The Morgan fingerprint density at radius 1 is 1.00 bits per heavy atom. The Hall–Kier alpha value is -0.170. The van der Waals surface area contributed by atoms with Crippen molar-refractivity contribution < 1.29 is 8.42 Å². The minimum absolute atomic E-state index is 0.466. The predicted molar refractivity (Wildman–Crippen MR) is 72.5 cm³/mol. The van der Waals surface area contributed by atoms with E-state index in [-0.39, 0.29) is 0 Å². The van der Waals surface area contributed by atoms with Crippen LogP contribution in [0.4, 0.5) is 0 Å². The Morgan fingerprint density at radius 3 is 2.33 bits per heavy atom. The molecule has 0 aromatic rings. The van der Waals surface area contributed by atoms with Crippen LogP contribution in [0.1, 0.15) is 26.7 Å². The molecular weight excluding hydrogens is 250 g/mol. The number of nitrogens with one attached hydrogen (secondary N) is 1. The van der Waals surface area contributed by atoms with Crippen molar-refractivity contribution >= 4 is 10.2 Å². The van der Waals surface area contributed by atoms with Crippen molar-refractivity contribution in [2.75, 3.05) is 39.3 Å². The summed E-state index contributed by atoms with van der Waals surface area (Å²) in [5, 5.41) is 3.25.